The van der Waals surface area contributed by atoms with Crippen LogP contribution in [0.5, 0.6) is 0 Å². The minimum atomic E-state index is -0.734. The summed E-state index contributed by atoms with van der Waals surface area (Å²) in [6.07, 6.45) is 1.21. The number of nitrogens with one attached hydrogen (secondary N) is 2. The van der Waals surface area contributed by atoms with Crippen LogP contribution in [-0.2, 0) is 0 Å². The van der Waals surface area contributed by atoms with E-state index in [0.29, 0.717) is 10.3 Å². The summed E-state index contributed by atoms with van der Waals surface area (Å²) in [5.74, 6) is 4.25. The van der Waals surface area contributed by atoms with Crippen LogP contribution in [0.4, 0.5) is 26.1 Å². The highest BCUT2D eigenvalue weighted by Gasteiger charge is 2.11. The van der Waals surface area contributed by atoms with Gasteiger partial charge in [-0.25, -0.2) is 24.6 Å². The maximum atomic E-state index is 13.6. The summed E-state index contributed by atoms with van der Waals surface area (Å²) >= 11 is 3.00. The van der Waals surface area contributed by atoms with Crippen molar-refractivity contribution in [2.45, 2.75) is 0 Å². The molecule has 1 aromatic heterocycles. The van der Waals surface area contributed by atoms with Gasteiger partial charge in [0.25, 0.3) is 0 Å². The number of benzene rings is 1. The van der Waals surface area contributed by atoms with E-state index in [1.165, 1.54) is 12.4 Å². The Morgan fingerprint density at radius 1 is 1.06 bits per heavy atom. The summed E-state index contributed by atoms with van der Waals surface area (Å²) in [6.45, 7) is 0. The zero-order valence-electron chi connectivity index (χ0n) is 8.92. The van der Waals surface area contributed by atoms with Gasteiger partial charge in [0.2, 0.25) is 0 Å². The Hall–Kier alpha value is -1.80. The fourth-order valence-corrected chi connectivity index (χ4v) is 1.70. The van der Waals surface area contributed by atoms with Gasteiger partial charge in [-0.1, -0.05) is 15.9 Å². The second-order valence-electron chi connectivity index (χ2n) is 3.30. The molecule has 1 aromatic carbocycles. The summed E-state index contributed by atoms with van der Waals surface area (Å²) in [6, 6.07) is 3.71. The first kappa shape index (κ1) is 12.7. The molecule has 1 heterocycles. The smallest absolute Gasteiger partial charge is 0.150 e. The summed E-state index contributed by atoms with van der Waals surface area (Å²) in [5, 5.41) is 2.52. The van der Waals surface area contributed by atoms with E-state index < -0.39 is 11.6 Å². The highest BCUT2D eigenvalue weighted by atomic mass is 79.9. The van der Waals surface area contributed by atoms with Crippen molar-refractivity contribution >= 4 is 33.3 Å². The number of anilines is 3. The van der Waals surface area contributed by atoms with E-state index in [1.807, 2.05) is 0 Å². The van der Waals surface area contributed by atoms with Gasteiger partial charge >= 0.3 is 0 Å². The monoisotopic (exact) mass is 315 g/mol. The molecule has 18 heavy (non-hydrogen) atoms. The molecule has 8 heteroatoms. The second kappa shape index (κ2) is 5.23. The van der Waals surface area contributed by atoms with Crippen LogP contribution in [0.1, 0.15) is 0 Å². The molecule has 0 saturated heterocycles. The normalized spacial score (nSPS) is 10.2. The van der Waals surface area contributed by atoms with Crippen LogP contribution in [0.2, 0.25) is 0 Å². The average Bonchev–Trinajstić information content (AvgIpc) is 2.34. The SMILES string of the molecule is NNc1cc(Nc2c(F)cc(Br)cc2F)ncn1. The Morgan fingerprint density at radius 2 is 1.67 bits per heavy atom. The molecule has 0 saturated carbocycles. The molecule has 0 aliphatic rings. The minimum absolute atomic E-state index is 0.220. The van der Waals surface area contributed by atoms with E-state index in [9.17, 15) is 8.78 Å². The van der Waals surface area contributed by atoms with Crippen molar-refractivity contribution in [3.63, 3.8) is 0 Å². The van der Waals surface area contributed by atoms with Gasteiger partial charge in [-0.05, 0) is 12.1 Å². The van der Waals surface area contributed by atoms with E-state index in [4.69, 9.17) is 5.84 Å². The molecule has 0 atom stereocenters. The number of nitrogens with zero attached hydrogens (tertiary/aromatic N) is 2. The molecule has 0 bridgehead atoms. The molecular weight excluding hydrogens is 308 g/mol. The third-order valence-corrected chi connectivity index (χ3v) is 2.53. The van der Waals surface area contributed by atoms with Gasteiger partial charge in [0, 0.05) is 10.5 Å². The molecule has 2 rings (SSSR count). The van der Waals surface area contributed by atoms with Gasteiger partial charge < -0.3 is 10.7 Å². The van der Waals surface area contributed by atoms with E-state index in [-0.39, 0.29) is 11.5 Å². The van der Waals surface area contributed by atoms with Crippen LogP contribution in [-0.4, -0.2) is 9.97 Å². The van der Waals surface area contributed by atoms with Gasteiger partial charge in [0.15, 0.2) is 11.6 Å². The first-order chi connectivity index (χ1) is 8.60. The maximum Gasteiger partial charge on any atom is 0.150 e. The number of hydrogen-bond donors (Lipinski definition) is 3. The Balaban J connectivity index is 2.33. The van der Waals surface area contributed by atoms with Crippen LogP contribution in [0, 0.1) is 11.6 Å². The van der Waals surface area contributed by atoms with E-state index in [2.05, 4.69) is 36.6 Å². The largest absolute Gasteiger partial charge is 0.335 e. The zero-order chi connectivity index (χ0) is 13.1. The number of nitrogen functional groups attached to an aromatic ring is 1. The molecule has 0 fully saturated rings. The Kier molecular flexibility index (Phi) is 3.68. The Bertz CT molecular complexity index is 555. The highest BCUT2D eigenvalue weighted by Crippen LogP contribution is 2.26. The number of nitrogens with two attached hydrogens (primary N) is 1. The van der Waals surface area contributed by atoms with Crippen molar-refractivity contribution in [2.24, 2.45) is 5.84 Å². The molecule has 94 valence electrons. The van der Waals surface area contributed by atoms with Crippen molar-refractivity contribution in [3.05, 3.63) is 40.6 Å². The number of aromatic nitrogens is 2. The van der Waals surface area contributed by atoms with Crippen molar-refractivity contribution < 1.29 is 8.78 Å². The maximum absolute atomic E-state index is 13.6. The third kappa shape index (κ3) is 2.71. The van der Waals surface area contributed by atoms with Crippen molar-refractivity contribution in [3.8, 4) is 0 Å². The Morgan fingerprint density at radius 3 is 2.28 bits per heavy atom. The van der Waals surface area contributed by atoms with E-state index >= 15 is 0 Å². The lowest BCUT2D eigenvalue weighted by Crippen LogP contribution is -2.09. The molecule has 0 spiro atoms. The Labute approximate surface area is 110 Å². The first-order valence-corrected chi connectivity index (χ1v) is 5.59. The van der Waals surface area contributed by atoms with Crippen LogP contribution < -0.4 is 16.6 Å². The lowest BCUT2D eigenvalue weighted by Gasteiger charge is -2.09. The highest BCUT2D eigenvalue weighted by molar-refractivity contribution is 9.10. The molecular formula is C10H8BrF2N5. The van der Waals surface area contributed by atoms with Crippen LogP contribution in [0.3, 0.4) is 0 Å². The average molecular weight is 316 g/mol. The fourth-order valence-electron chi connectivity index (χ4n) is 1.29. The second-order valence-corrected chi connectivity index (χ2v) is 4.22. The predicted molar refractivity (Wildman–Crippen MR) is 67.2 cm³/mol. The molecule has 5 nitrogen and oxygen atoms in total. The van der Waals surface area contributed by atoms with Crippen molar-refractivity contribution in [1.82, 2.24) is 9.97 Å². The summed E-state index contributed by atoms with van der Waals surface area (Å²) < 4.78 is 27.4. The molecule has 0 radical (unpaired) electrons. The molecule has 0 unspecified atom stereocenters. The van der Waals surface area contributed by atoms with Gasteiger partial charge in [0.05, 0.1) is 0 Å². The summed E-state index contributed by atoms with van der Waals surface area (Å²) in [5.41, 5.74) is 2.01. The van der Waals surface area contributed by atoms with Gasteiger partial charge in [-0.2, -0.15) is 0 Å². The topological polar surface area (TPSA) is 75.9 Å². The molecule has 0 aliphatic heterocycles. The number of hydrazine groups is 1. The molecule has 0 aliphatic carbocycles. The standard InChI is InChI=1S/C10H8BrF2N5/c11-5-1-6(12)10(7(13)2-5)17-8-3-9(18-14)16-4-15-8/h1-4H,14H2,(H2,15,16,17,18). The number of rotatable bonds is 3. The number of hydrogen-bond acceptors (Lipinski definition) is 5. The molecule has 2 aromatic rings. The zero-order valence-corrected chi connectivity index (χ0v) is 10.5. The van der Waals surface area contributed by atoms with E-state index in [0.717, 1.165) is 12.1 Å². The van der Waals surface area contributed by atoms with Gasteiger partial charge in [0.1, 0.15) is 23.7 Å². The first-order valence-electron chi connectivity index (χ1n) is 4.80. The minimum Gasteiger partial charge on any atom is -0.335 e. The van der Waals surface area contributed by atoms with Crippen LogP contribution in [0.15, 0.2) is 29.0 Å². The third-order valence-electron chi connectivity index (χ3n) is 2.07. The van der Waals surface area contributed by atoms with Gasteiger partial charge in [-0.15, -0.1) is 0 Å². The van der Waals surface area contributed by atoms with Crippen LogP contribution >= 0.6 is 15.9 Å². The molecule has 0 amide bonds. The van der Waals surface area contributed by atoms with Crippen molar-refractivity contribution in [2.75, 3.05) is 10.7 Å². The number of halogens is 3. The lowest BCUT2D eigenvalue weighted by atomic mass is 10.3. The summed E-state index contributed by atoms with van der Waals surface area (Å²) in [7, 11) is 0. The fraction of sp³-hybridized carbons (Fsp3) is 0. The molecule has 4 N–H and O–H groups in total. The van der Waals surface area contributed by atoms with E-state index in [1.54, 1.807) is 0 Å². The van der Waals surface area contributed by atoms with Crippen molar-refractivity contribution in [1.29, 1.82) is 0 Å². The lowest BCUT2D eigenvalue weighted by molar-refractivity contribution is 0.589. The van der Waals surface area contributed by atoms with Crippen LogP contribution in [0.25, 0.3) is 0 Å². The predicted octanol–water partition coefficient (Wildman–Crippen LogP) is 2.55. The quantitative estimate of drug-likeness (QED) is 0.599. The van der Waals surface area contributed by atoms with Gasteiger partial charge in [-0.3, -0.25) is 0 Å². The summed E-state index contributed by atoms with van der Waals surface area (Å²) in [4.78, 5) is 7.60.